The van der Waals surface area contributed by atoms with Crippen LogP contribution in [0.1, 0.15) is 24.0 Å². The molecule has 0 radical (unpaired) electrons. The van der Waals surface area contributed by atoms with Gasteiger partial charge in [0.25, 0.3) is 0 Å². The molecule has 0 unspecified atom stereocenters. The molecule has 1 aromatic rings. The predicted octanol–water partition coefficient (Wildman–Crippen LogP) is 0.474. The summed E-state index contributed by atoms with van der Waals surface area (Å²) >= 11 is 0. The zero-order valence-corrected chi connectivity index (χ0v) is 12.7. The average molecular weight is 304 g/mol. The maximum Gasteiger partial charge on any atom is 0.328 e. The van der Waals surface area contributed by atoms with E-state index in [1.807, 2.05) is 31.2 Å². The molecule has 0 saturated carbocycles. The smallest absolute Gasteiger partial charge is 0.328 e. The molecule has 2 amide bonds. The van der Waals surface area contributed by atoms with Gasteiger partial charge in [0.15, 0.2) is 0 Å². The first kappa shape index (κ1) is 16.0. The number of benzene rings is 1. The summed E-state index contributed by atoms with van der Waals surface area (Å²) in [6.07, 6.45) is 1.13. The molecular weight excluding hydrogens is 284 g/mol. The Kier molecular flexibility index (Phi) is 5.14. The first-order valence-electron chi connectivity index (χ1n) is 7.23. The van der Waals surface area contributed by atoms with Crippen molar-refractivity contribution >= 4 is 17.8 Å². The van der Waals surface area contributed by atoms with Gasteiger partial charge in [-0.2, -0.15) is 0 Å². The van der Waals surface area contributed by atoms with E-state index in [1.165, 1.54) is 7.11 Å². The molecule has 6 nitrogen and oxygen atoms in total. The van der Waals surface area contributed by atoms with Crippen LogP contribution in [0.2, 0.25) is 0 Å². The van der Waals surface area contributed by atoms with E-state index in [-0.39, 0.29) is 11.8 Å². The molecule has 1 fully saturated rings. The van der Waals surface area contributed by atoms with E-state index in [9.17, 15) is 14.4 Å². The minimum absolute atomic E-state index is 0.145. The standard InChI is InChI=1S/C16H20N2O4/c1-10-5-3-4-6-11(10)9-13(16(21)22-2)18-15(20)12-7-8-14(19)17-12/h3-6,12-13H,7-9H2,1-2H3,(H,17,19)(H,18,20)/t12-,13-/m1/s1. The van der Waals surface area contributed by atoms with Crippen LogP contribution < -0.4 is 10.6 Å². The first-order chi connectivity index (χ1) is 10.5. The lowest BCUT2D eigenvalue weighted by Crippen LogP contribution is -2.50. The highest BCUT2D eigenvalue weighted by Gasteiger charge is 2.31. The molecule has 1 heterocycles. The molecular formula is C16H20N2O4. The third kappa shape index (κ3) is 3.84. The molecule has 118 valence electrons. The summed E-state index contributed by atoms with van der Waals surface area (Å²) in [5.41, 5.74) is 2.01. The van der Waals surface area contributed by atoms with E-state index in [2.05, 4.69) is 10.6 Å². The summed E-state index contributed by atoms with van der Waals surface area (Å²) in [5, 5.41) is 5.27. The van der Waals surface area contributed by atoms with Crippen molar-refractivity contribution in [1.82, 2.24) is 10.6 Å². The number of aryl methyl sites for hydroxylation is 1. The van der Waals surface area contributed by atoms with Gasteiger partial charge in [-0.15, -0.1) is 0 Å². The lowest BCUT2D eigenvalue weighted by atomic mass is 10.0. The Morgan fingerprint density at radius 3 is 2.73 bits per heavy atom. The van der Waals surface area contributed by atoms with E-state index >= 15 is 0 Å². The number of ether oxygens (including phenoxy) is 1. The van der Waals surface area contributed by atoms with Crippen LogP contribution in [0, 0.1) is 6.92 Å². The second kappa shape index (κ2) is 7.06. The topological polar surface area (TPSA) is 84.5 Å². The fraction of sp³-hybridized carbons (Fsp3) is 0.438. The van der Waals surface area contributed by atoms with Crippen LogP contribution in [0.25, 0.3) is 0 Å². The second-order valence-corrected chi connectivity index (χ2v) is 5.37. The number of rotatable bonds is 5. The SMILES string of the molecule is COC(=O)[C@@H](Cc1ccccc1C)NC(=O)[C@H]1CCC(=O)N1. The van der Waals surface area contributed by atoms with Crippen LogP contribution in [0.3, 0.4) is 0 Å². The van der Waals surface area contributed by atoms with Gasteiger partial charge < -0.3 is 15.4 Å². The summed E-state index contributed by atoms with van der Waals surface area (Å²) in [5.74, 6) is -0.996. The van der Waals surface area contributed by atoms with Crippen LogP contribution in [0.15, 0.2) is 24.3 Å². The Hall–Kier alpha value is -2.37. The van der Waals surface area contributed by atoms with Crippen LogP contribution in [0.4, 0.5) is 0 Å². The third-order valence-electron chi connectivity index (χ3n) is 3.80. The second-order valence-electron chi connectivity index (χ2n) is 5.37. The van der Waals surface area contributed by atoms with E-state index < -0.39 is 18.1 Å². The van der Waals surface area contributed by atoms with Gasteiger partial charge in [0.05, 0.1) is 7.11 Å². The van der Waals surface area contributed by atoms with Gasteiger partial charge in [0.2, 0.25) is 11.8 Å². The van der Waals surface area contributed by atoms with Crippen molar-refractivity contribution < 1.29 is 19.1 Å². The highest BCUT2D eigenvalue weighted by Crippen LogP contribution is 2.12. The van der Waals surface area contributed by atoms with Gasteiger partial charge in [-0.3, -0.25) is 9.59 Å². The lowest BCUT2D eigenvalue weighted by molar-refractivity contribution is -0.145. The number of carbonyl (C=O) groups excluding carboxylic acids is 3. The third-order valence-corrected chi connectivity index (χ3v) is 3.80. The number of methoxy groups -OCH3 is 1. The Bertz CT molecular complexity index is 585. The monoisotopic (exact) mass is 304 g/mol. The van der Waals surface area contributed by atoms with Crippen molar-refractivity contribution in [3.8, 4) is 0 Å². The normalized spacial score (nSPS) is 18.5. The molecule has 0 bridgehead atoms. The van der Waals surface area contributed by atoms with Gasteiger partial charge >= 0.3 is 5.97 Å². The van der Waals surface area contributed by atoms with Crippen molar-refractivity contribution in [3.63, 3.8) is 0 Å². The van der Waals surface area contributed by atoms with Gasteiger partial charge in [0.1, 0.15) is 12.1 Å². The summed E-state index contributed by atoms with van der Waals surface area (Å²) in [6.45, 7) is 1.95. The number of hydrogen-bond donors (Lipinski definition) is 2. The molecule has 1 aliphatic rings. The molecule has 2 rings (SSSR count). The molecule has 2 atom stereocenters. The fourth-order valence-electron chi connectivity index (χ4n) is 2.48. The highest BCUT2D eigenvalue weighted by atomic mass is 16.5. The molecule has 0 spiro atoms. The van der Waals surface area contributed by atoms with Crippen molar-refractivity contribution in [1.29, 1.82) is 0 Å². The number of nitrogens with one attached hydrogen (secondary N) is 2. The van der Waals surface area contributed by atoms with Crippen molar-refractivity contribution in [2.75, 3.05) is 7.11 Å². The minimum atomic E-state index is -0.767. The maximum absolute atomic E-state index is 12.2. The Balaban J connectivity index is 2.06. The van der Waals surface area contributed by atoms with Gasteiger partial charge in [0, 0.05) is 12.8 Å². The van der Waals surface area contributed by atoms with Crippen LogP contribution >= 0.6 is 0 Å². The molecule has 1 saturated heterocycles. The zero-order valence-electron chi connectivity index (χ0n) is 12.7. The van der Waals surface area contributed by atoms with Crippen molar-refractivity contribution in [3.05, 3.63) is 35.4 Å². The number of esters is 1. The quantitative estimate of drug-likeness (QED) is 0.775. The zero-order chi connectivity index (χ0) is 16.1. The number of amides is 2. The number of carbonyl (C=O) groups is 3. The molecule has 6 heteroatoms. The fourth-order valence-corrected chi connectivity index (χ4v) is 2.48. The van der Waals surface area contributed by atoms with Gasteiger partial charge in [-0.05, 0) is 24.5 Å². The number of hydrogen-bond acceptors (Lipinski definition) is 4. The summed E-state index contributed by atoms with van der Waals surface area (Å²) in [4.78, 5) is 35.3. The lowest BCUT2D eigenvalue weighted by Gasteiger charge is -2.19. The van der Waals surface area contributed by atoms with E-state index in [0.29, 0.717) is 19.3 Å². The predicted molar refractivity (Wildman–Crippen MR) is 80.0 cm³/mol. The molecule has 0 aromatic heterocycles. The van der Waals surface area contributed by atoms with E-state index in [4.69, 9.17) is 4.74 Å². The van der Waals surface area contributed by atoms with Crippen LogP contribution in [0.5, 0.6) is 0 Å². The molecule has 0 aliphatic carbocycles. The first-order valence-corrected chi connectivity index (χ1v) is 7.23. The van der Waals surface area contributed by atoms with Crippen LogP contribution in [-0.4, -0.2) is 37.0 Å². The van der Waals surface area contributed by atoms with E-state index in [0.717, 1.165) is 11.1 Å². The Morgan fingerprint density at radius 1 is 1.41 bits per heavy atom. The molecule has 1 aliphatic heterocycles. The highest BCUT2D eigenvalue weighted by molar-refractivity contribution is 5.93. The molecule has 22 heavy (non-hydrogen) atoms. The maximum atomic E-state index is 12.2. The molecule has 2 N–H and O–H groups in total. The Morgan fingerprint density at radius 2 is 2.14 bits per heavy atom. The largest absolute Gasteiger partial charge is 0.467 e. The summed E-state index contributed by atoms with van der Waals surface area (Å²) in [6, 6.07) is 6.32. The van der Waals surface area contributed by atoms with Crippen molar-refractivity contribution in [2.24, 2.45) is 0 Å². The van der Waals surface area contributed by atoms with Crippen molar-refractivity contribution in [2.45, 2.75) is 38.3 Å². The van der Waals surface area contributed by atoms with Crippen LogP contribution in [-0.2, 0) is 25.5 Å². The van der Waals surface area contributed by atoms with Gasteiger partial charge in [-0.1, -0.05) is 24.3 Å². The van der Waals surface area contributed by atoms with E-state index in [1.54, 1.807) is 0 Å². The summed E-state index contributed by atoms with van der Waals surface area (Å²) < 4.78 is 4.77. The average Bonchev–Trinajstić information content (AvgIpc) is 2.94. The Labute approximate surface area is 129 Å². The van der Waals surface area contributed by atoms with Gasteiger partial charge in [-0.25, -0.2) is 4.79 Å². The molecule has 1 aromatic carbocycles. The minimum Gasteiger partial charge on any atom is -0.467 e. The summed E-state index contributed by atoms with van der Waals surface area (Å²) in [7, 11) is 1.29.